The summed E-state index contributed by atoms with van der Waals surface area (Å²) in [7, 11) is 0. The van der Waals surface area contributed by atoms with E-state index < -0.39 is 0 Å². The Morgan fingerprint density at radius 2 is 1.78 bits per heavy atom. The Labute approximate surface area is 161 Å². The molecule has 8 heteroatoms. The highest BCUT2D eigenvalue weighted by Gasteiger charge is 2.27. The molecule has 0 bridgehead atoms. The van der Waals surface area contributed by atoms with E-state index in [0.29, 0.717) is 26.7 Å². The van der Waals surface area contributed by atoms with Gasteiger partial charge in [0, 0.05) is 11.6 Å². The van der Waals surface area contributed by atoms with Crippen molar-refractivity contribution in [3.63, 3.8) is 0 Å². The third kappa shape index (κ3) is 4.00. The lowest BCUT2D eigenvalue weighted by atomic mass is 10.1. The molecule has 0 atom stereocenters. The molecule has 0 saturated carbocycles. The summed E-state index contributed by atoms with van der Waals surface area (Å²) in [6.45, 7) is 9.77. The summed E-state index contributed by atoms with van der Waals surface area (Å²) in [6.07, 6.45) is 0. The van der Waals surface area contributed by atoms with Crippen molar-refractivity contribution in [1.82, 2.24) is 20.1 Å². The van der Waals surface area contributed by atoms with Crippen LogP contribution in [0.4, 0.5) is 5.13 Å². The van der Waals surface area contributed by atoms with Gasteiger partial charge in [0.2, 0.25) is 0 Å². The van der Waals surface area contributed by atoms with Crippen molar-refractivity contribution in [1.29, 1.82) is 0 Å². The van der Waals surface area contributed by atoms with E-state index in [1.807, 2.05) is 40.7 Å². The van der Waals surface area contributed by atoms with Gasteiger partial charge in [-0.1, -0.05) is 29.5 Å². The number of amides is 2. The number of fused-ring (bicyclic) bond motifs is 1. The summed E-state index contributed by atoms with van der Waals surface area (Å²) in [6, 6.07) is 8.93. The molecule has 0 aliphatic heterocycles. The quantitative estimate of drug-likeness (QED) is 0.718. The highest BCUT2D eigenvalue weighted by molar-refractivity contribution is 7.22. The maximum atomic E-state index is 12.6. The molecule has 0 spiro atoms. The van der Waals surface area contributed by atoms with E-state index >= 15 is 0 Å². The molecule has 0 unspecified atom stereocenters. The van der Waals surface area contributed by atoms with E-state index in [1.54, 1.807) is 28.9 Å². The van der Waals surface area contributed by atoms with Gasteiger partial charge in [-0.2, -0.15) is 10.1 Å². The van der Waals surface area contributed by atoms with Gasteiger partial charge in [0.05, 0.1) is 5.54 Å². The topological polar surface area (TPSA) is 88.9 Å². The summed E-state index contributed by atoms with van der Waals surface area (Å²) in [5.41, 5.74) is 1.10. The molecule has 0 radical (unpaired) electrons. The van der Waals surface area contributed by atoms with E-state index in [0.717, 1.165) is 0 Å². The Balaban J connectivity index is 2.01. The Bertz CT molecular complexity index is 983. The first-order chi connectivity index (χ1) is 12.7. The summed E-state index contributed by atoms with van der Waals surface area (Å²) in [4.78, 5) is 29.5. The number of hydrogen-bond acceptors (Lipinski definition) is 5. The smallest absolute Gasteiger partial charge is 0.273 e. The van der Waals surface area contributed by atoms with Gasteiger partial charge < -0.3 is 5.32 Å². The SMILES string of the molecule is CC(C)NC(=O)c1nn(C(C)(C)C)c2nc(NC(=O)c3ccccc3)sc12. The maximum Gasteiger partial charge on any atom is 0.273 e. The van der Waals surface area contributed by atoms with Crippen molar-refractivity contribution in [2.75, 3.05) is 5.32 Å². The average molecular weight is 385 g/mol. The van der Waals surface area contributed by atoms with Crippen LogP contribution in [0.5, 0.6) is 0 Å². The molecule has 0 aliphatic rings. The number of anilines is 1. The van der Waals surface area contributed by atoms with Crippen molar-refractivity contribution in [2.45, 2.75) is 46.2 Å². The van der Waals surface area contributed by atoms with Crippen LogP contribution in [0.1, 0.15) is 55.5 Å². The van der Waals surface area contributed by atoms with E-state index in [1.165, 1.54) is 11.3 Å². The molecule has 7 nitrogen and oxygen atoms in total. The Morgan fingerprint density at radius 1 is 1.11 bits per heavy atom. The van der Waals surface area contributed by atoms with E-state index in [4.69, 9.17) is 0 Å². The largest absolute Gasteiger partial charge is 0.348 e. The molecular formula is C19H23N5O2S. The third-order valence-electron chi connectivity index (χ3n) is 3.75. The molecule has 27 heavy (non-hydrogen) atoms. The fourth-order valence-electron chi connectivity index (χ4n) is 2.56. The lowest BCUT2D eigenvalue weighted by molar-refractivity contribution is 0.0937. The molecule has 0 aliphatic carbocycles. The van der Waals surface area contributed by atoms with Crippen LogP contribution >= 0.6 is 11.3 Å². The molecule has 2 heterocycles. The minimum absolute atomic E-state index is 0.00230. The minimum atomic E-state index is -0.358. The van der Waals surface area contributed by atoms with Crippen molar-refractivity contribution in [3.05, 3.63) is 41.6 Å². The number of carbonyl (C=O) groups excluding carboxylic acids is 2. The van der Waals surface area contributed by atoms with Gasteiger partial charge in [-0.3, -0.25) is 14.9 Å². The Hall–Kier alpha value is -2.74. The molecule has 2 amide bonds. The van der Waals surface area contributed by atoms with Crippen molar-refractivity contribution < 1.29 is 9.59 Å². The molecule has 2 aromatic heterocycles. The molecule has 2 N–H and O–H groups in total. The number of nitrogens with zero attached hydrogens (tertiary/aromatic N) is 3. The van der Waals surface area contributed by atoms with Crippen LogP contribution in [0.2, 0.25) is 0 Å². The molecule has 3 rings (SSSR count). The molecule has 1 aromatic carbocycles. The third-order valence-corrected chi connectivity index (χ3v) is 4.72. The number of hydrogen-bond donors (Lipinski definition) is 2. The van der Waals surface area contributed by atoms with E-state index in [2.05, 4.69) is 20.7 Å². The number of benzene rings is 1. The van der Waals surface area contributed by atoms with Crippen LogP contribution in [0.15, 0.2) is 30.3 Å². The lowest BCUT2D eigenvalue weighted by Crippen LogP contribution is -2.31. The molecule has 0 fully saturated rings. The van der Waals surface area contributed by atoms with Gasteiger partial charge in [0.1, 0.15) is 4.70 Å². The molecule has 142 valence electrons. The Morgan fingerprint density at radius 3 is 2.37 bits per heavy atom. The summed E-state index contributed by atoms with van der Waals surface area (Å²) in [5, 5.41) is 10.6. The van der Waals surface area contributed by atoms with Gasteiger partial charge in [-0.15, -0.1) is 0 Å². The fraction of sp³-hybridized carbons (Fsp3) is 0.368. The predicted molar refractivity (Wildman–Crippen MR) is 107 cm³/mol. The number of rotatable bonds is 4. The summed E-state index contributed by atoms with van der Waals surface area (Å²) in [5.74, 6) is -0.488. The number of aromatic nitrogens is 3. The fourth-order valence-corrected chi connectivity index (χ4v) is 3.48. The van der Waals surface area contributed by atoms with Crippen LogP contribution in [-0.2, 0) is 5.54 Å². The second-order valence-electron chi connectivity index (χ2n) is 7.55. The first-order valence-corrected chi connectivity index (χ1v) is 9.56. The average Bonchev–Trinajstić information content (AvgIpc) is 3.12. The number of carbonyl (C=O) groups is 2. The van der Waals surface area contributed by atoms with Crippen molar-refractivity contribution >= 4 is 38.6 Å². The zero-order valence-electron chi connectivity index (χ0n) is 16.0. The maximum absolute atomic E-state index is 12.6. The molecule has 3 aromatic rings. The minimum Gasteiger partial charge on any atom is -0.348 e. The highest BCUT2D eigenvalue weighted by Crippen LogP contribution is 2.32. The second-order valence-corrected chi connectivity index (χ2v) is 8.55. The lowest BCUT2D eigenvalue weighted by Gasteiger charge is -2.19. The van der Waals surface area contributed by atoms with Crippen molar-refractivity contribution in [3.8, 4) is 0 Å². The normalized spacial score (nSPS) is 11.8. The Kier molecular flexibility index (Phi) is 5.01. The van der Waals surface area contributed by atoms with Gasteiger partial charge in [-0.05, 0) is 46.8 Å². The van der Waals surface area contributed by atoms with Gasteiger partial charge in [0.25, 0.3) is 11.8 Å². The van der Waals surface area contributed by atoms with Gasteiger partial charge >= 0.3 is 0 Å². The summed E-state index contributed by atoms with van der Waals surface area (Å²) < 4.78 is 2.39. The van der Waals surface area contributed by atoms with Crippen LogP contribution < -0.4 is 10.6 Å². The second kappa shape index (κ2) is 7.11. The monoisotopic (exact) mass is 385 g/mol. The molecular weight excluding hydrogens is 362 g/mol. The van der Waals surface area contributed by atoms with Crippen LogP contribution in [0, 0.1) is 0 Å². The highest BCUT2D eigenvalue weighted by atomic mass is 32.1. The standard InChI is InChI=1S/C19H23N5O2S/c1-11(2)20-17(26)13-14-15(24(23-13)19(3,4)5)21-18(27-14)22-16(25)12-9-7-6-8-10-12/h6-11H,1-5H3,(H,20,26)(H,21,22,25). The van der Waals surface area contributed by atoms with Gasteiger partial charge in [-0.25, -0.2) is 4.68 Å². The van der Waals surface area contributed by atoms with E-state index in [-0.39, 0.29) is 23.4 Å². The van der Waals surface area contributed by atoms with Crippen LogP contribution in [-0.4, -0.2) is 32.6 Å². The van der Waals surface area contributed by atoms with Gasteiger partial charge in [0.15, 0.2) is 16.5 Å². The summed E-state index contributed by atoms with van der Waals surface area (Å²) >= 11 is 1.25. The van der Waals surface area contributed by atoms with E-state index in [9.17, 15) is 9.59 Å². The van der Waals surface area contributed by atoms with Crippen LogP contribution in [0.3, 0.4) is 0 Å². The van der Waals surface area contributed by atoms with Crippen molar-refractivity contribution in [2.24, 2.45) is 0 Å². The first-order valence-electron chi connectivity index (χ1n) is 8.74. The zero-order chi connectivity index (χ0) is 19.8. The number of thiazole rings is 1. The zero-order valence-corrected chi connectivity index (χ0v) is 16.8. The van der Waals surface area contributed by atoms with Crippen LogP contribution in [0.25, 0.3) is 10.3 Å². The molecule has 0 saturated heterocycles. The predicted octanol–water partition coefficient (Wildman–Crippen LogP) is 3.64. The first kappa shape index (κ1) is 19.0. The number of nitrogens with one attached hydrogen (secondary N) is 2.